The van der Waals surface area contributed by atoms with Gasteiger partial charge in [-0.3, -0.25) is 0 Å². The Labute approximate surface area is 100 Å². The first-order valence-electron chi connectivity index (χ1n) is 5.40. The van der Waals surface area contributed by atoms with Gasteiger partial charge in [-0.1, -0.05) is 0 Å². The lowest BCUT2D eigenvalue weighted by molar-refractivity contribution is 0.0125. The fourth-order valence-electron chi connectivity index (χ4n) is 1.88. The van der Waals surface area contributed by atoms with Crippen LogP contribution >= 0.6 is 0 Å². The van der Waals surface area contributed by atoms with Crippen LogP contribution < -0.4 is 5.14 Å². The minimum Gasteiger partial charge on any atom is -0.369 e. The molecule has 0 aliphatic carbocycles. The molecule has 0 saturated carbocycles. The molecule has 1 fully saturated rings. The molecule has 2 N–H and O–H groups in total. The average Bonchev–Trinajstić information content (AvgIpc) is 2.29. The highest BCUT2D eigenvalue weighted by Gasteiger charge is 2.37. The van der Waals surface area contributed by atoms with Crippen LogP contribution in [0.25, 0.3) is 0 Å². The van der Waals surface area contributed by atoms with E-state index in [0.29, 0.717) is 25.3 Å². The Balaban J connectivity index is 2.31. The van der Waals surface area contributed by atoms with E-state index in [9.17, 15) is 8.42 Å². The number of hydrogen-bond donors (Lipinski definition) is 1. The Morgan fingerprint density at radius 1 is 1.41 bits per heavy atom. The lowest BCUT2D eigenvalue weighted by Gasteiger charge is -2.28. The highest BCUT2D eigenvalue weighted by atomic mass is 32.2. The van der Waals surface area contributed by atoms with E-state index in [1.807, 2.05) is 6.92 Å². The van der Waals surface area contributed by atoms with Crippen LogP contribution in [0, 0.1) is 6.92 Å². The highest BCUT2D eigenvalue weighted by molar-refractivity contribution is 7.89. The van der Waals surface area contributed by atoms with E-state index < -0.39 is 21.4 Å². The molecule has 0 bridgehead atoms. The second-order valence-corrected chi connectivity index (χ2v) is 5.96. The van der Waals surface area contributed by atoms with Crippen molar-refractivity contribution in [2.24, 2.45) is 5.14 Å². The molecule has 7 heteroatoms. The van der Waals surface area contributed by atoms with Crippen molar-refractivity contribution in [2.45, 2.75) is 31.1 Å². The molecular weight excluding hydrogens is 242 g/mol. The molecule has 6 nitrogen and oxygen atoms in total. The molecular formula is C10H15N3O3S. The third-order valence-corrected chi connectivity index (χ3v) is 4.07. The number of primary sulfonamides is 1. The Kier molecular flexibility index (Phi) is 3.41. The maximum absolute atomic E-state index is 11.5. The number of nitrogens with zero attached hydrogens (tertiary/aromatic N) is 2. The molecule has 0 aromatic carbocycles. The van der Waals surface area contributed by atoms with Gasteiger partial charge in [-0.25, -0.2) is 23.5 Å². The zero-order valence-electron chi connectivity index (χ0n) is 9.54. The quantitative estimate of drug-likeness (QED) is 0.821. The van der Waals surface area contributed by atoms with Crippen molar-refractivity contribution in [3.63, 3.8) is 0 Å². The molecule has 1 aliphatic heterocycles. The van der Waals surface area contributed by atoms with Crippen LogP contribution in [0.15, 0.2) is 12.4 Å². The first-order chi connectivity index (χ1) is 7.98. The van der Waals surface area contributed by atoms with E-state index >= 15 is 0 Å². The number of aromatic nitrogens is 2. The summed E-state index contributed by atoms with van der Waals surface area (Å²) >= 11 is 0. The predicted molar refractivity (Wildman–Crippen MR) is 61.6 cm³/mol. The second kappa shape index (κ2) is 4.67. The predicted octanol–water partition coefficient (Wildman–Crippen LogP) is 0.294. The second-order valence-electron chi connectivity index (χ2n) is 4.18. The van der Waals surface area contributed by atoms with Crippen LogP contribution in [-0.2, 0) is 14.8 Å². The van der Waals surface area contributed by atoms with Gasteiger partial charge in [-0.05, 0) is 25.3 Å². The maximum atomic E-state index is 11.5. The molecule has 0 unspecified atom stereocenters. The number of hydrogen-bond acceptors (Lipinski definition) is 5. The smallest absolute Gasteiger partial charge is 0.215 e. The fourth-order valence-corrected chi connectivity index (χ4v) is 2.92. The highest BCUT2D eigenvalue weighted by Crippen LogP contribution is 2.29. The molecule has 2 atom stereocenters. The van der Waals surface area contributed by atoms with Gasteiger partial charge in [0.05, 0.1) is 0 Å². The van der Waals surface area contributed by atoms with Crippen molar-refractivity contribution < 1.29 is 13.2 Å². The monoisotopic (exact) mass is 257 g/mol. The molecule has 2 heterocycles. The lowest BCUT2D eigenvalue weighted by atomic mass is 10.1. The summed E-state index contributed by atoms with van der Waals surface area (Å²) in [6, 6.07) is 0. The molecule has 0 amide bonds. The minimum atomic E-state index is -3.64. The first-order valence-corrected chi connectivity index (χ1v) is 7.01. The average molecular weight is 257 g/mol. The Hall–Kier alpha value is -1.05. The molecule has 0 radical (unpaired) electrons. The van der Waals surface area contributed by atoms with Crippen LogP contribution in [0.2, 0.25) is 0 Å². The Bertz CT molecular complexity index is 486. The van der Waals surface area contributed by atoms with Crippen molar-refractivity contribution in [1.82, 2.24) is 9.97 Å². The third kappa shape index (κ3) is 2.80. The number of ether oxygens (including phenoxy) is 1. The summed E-state index contributed by atoms with van der Waals surface area (Å²) in [5, 5.41) is 4.45. The van der Waals surface area contributed by atoms with Crippen LogP contribution in [0.3, 0.4) is 0 Å². The summed E-state index contributed by atoms with van der Waals surface area (Å²) in [5.74, 6) is 0.384. The molecule has 2 rings (SSSR count). The van der Waals surface area contributed by atoms with E-state index in [2.05, 4.69) is 9.97 Å². The van der Waals surface area contributed by atoms with Crippen molar-refractivity contribution in [3.05, 3.63) is 23.8 Å². The van der Waals surface area contributed by atoms with Crippen LogP contribution in [0.4, 0.5) is 0 Å². The van der Waals surface area contributed by atoms with Gasteiger partial charge < -0.3 is 4.74 Å². The van der Waals surface area contributed by atoms with Crippen LogP contribution in [0.1, 0.15) is 30.3 Å². The summed E-state index contributed by atoms with van der Waals surface area (Å²) in [6.07, 6.45) is 3.80. The largest absolute Gasteiger partial charge is 0.369 e. The number of sulfonamides is 1. The van der Waals surface area contributed by atoms with Gasteiger partial charge in [0.15, 0.2) is 5.82 Å². The SMILES string of the molecule is Cc1cnc([C@@H]2OCCC[C@@H]2S(N)(=O)=O)nc1. The van der Waals surface area contributed by atoms with E-state index in [0.717, 1.165) is 5.56 Å². The lowest BCUT2D eigenvalue weighted by Crippen LogP contribution is -2.39. The van der Waals surface area contributed by atoms with Gasteiger partial charge in [-0.15, -0.1) is 0 Å². The molecule has 94 valence electrons. The number of aryl methyl sites for hydroxylation is 1. The zero-order valence-corrected chi connectivity index (χ0v) is 10.4. The van der Waals surface area contributed by atoms with Crippen molar-refractivity contribution in [1.29, 1.82) is 0 Å². The van der Waals surface area contributed by atoms with Crippen LogP contribution in [-0.4, -0.2) is 30.2 Å². The summed E-state index contributed by atoms with van der Waals surface area (Å²) in [4.78, 5) is 8.22. The summed E-state index contributed by atoms with van der Waals surface area (Å²) < 4.78 is 28.4. The van der Waals surface area contributed by atoms with Gasteiger partial charge in [0.2, 0.25) is 10.0 Å². The van der Waals surface area contributed by atoms with Crippen LogP contribution in [0.5, 0.6) is 0 Å². The van der Waals surface area contributed by atoms with Gasteiger partial charge in [0, 0.05) is 19.0 Å². The summed E-state index contributed by atoms with van der Waals surface area (Å²) in [6.45, 7) is 2.37. The van der Waals surface area contributed by atoms with Crippen molar-refractivity contribution in [2.75, 3.05) is 6.61 Å². The summed E-state index contributed by atoms with van der Waals surface area (Å²) in [5.41, 5.74) is 0.914. The topological polar surface area (TPSA) is 95.2 Å². The zero-order chi connectivity index (χ0) is 12.5. The molecule has 1 saturated heterocycles. The van der Waals surface area contributed by atoms with Gasteiger partial charge >= 0.3 is 0 Å². The normalized spacial score (nSPS) is 25.8. The third-order valence-electron chi connectivity index (χ3n) is 2.75. The number of rotatable bonds is 2. The standard InChI is InChI=1S/C10H15N3O3S/c1-7-5-12-10(13-6-7)9-8(17(11,14)15)3-2-4-16-9/h5-6,8-9H,2-4H2,1H3,(H2,11,14,15)/t8-,9+/m0/s1. The van der Waals surface area contributed by atoms with Gasteiger partial charge in [0.25, 0.3) is 0 Å². The van der Waals surface area contributed by atoms with E-state index in [-0.39, 0.29) is 0 Å². The first kappa shape index (κ1) is 12.4. The van der Waals surface area contributed by atoms with E-state index in [1.165, 1.54) is 0 Å². The minimum absolute atomic E-state index is 0.384. The van der Waals surface area contributed by atoms with Gasteiger partial charge in [0.1, 0.15) is 11.4 Å². The van der Waals surface area contributed by atoms with Crippen molar-refractivity contribution in [3.8, 4) is 0 Å². The molecule has 1 aliphatic rings. The van der Waals surface area contributed by atoms with E-state index in [4.69, 9.17) is 9.88 Å². The maximum Gasteiger partial charge on any atom is 0.215 e. The van der Waals surface area contributed by atoms with Gasteiger partial charge in [-0.2, -0.15) is 0 Å². The van der Waals surface area contributed by atoms with E-state index in [1.54, 1.807) is 12.4 Å². The summed E-state index contributed by atoms with van der Waals surface area (Å²) in [7, 11) is -3.64. The molecule has 0 spiro atoms. The molecule has 1 aromatic rings. The molecule has 17 heavy (non-hydrogen) atoms. The molecule has 1 aromatic heterocycles. The van der Waals surface area contributed by atoms with Crippen molar-refractivity contribution >= 4 is 10.0 Å². The fraction of sp³-hybridized carbons (Fsp3) is 0.600. The Morgan fingerprint density at radius 2 is 2.06 bits per heavy atom. The number of nitrogens with two attached hydrogens (primary N) is 1. The Morgan fingerprint density at radius 3 is 2.65 bits per heavy atom.